The highest BCUT2D eigenvalue weighted by Crippen LogP contribution is 2.41. The topological polar surface area (TPSA) is 93.6 Å². The van der Waals surface area contributed by atoms with Crippen LogP contribution in [0.4, 0.5) is 0 Å². The molecule has 10 nitrogen and oxygen atoms in total. The molecule has 1 aromatic heterocycles. The van der Waals surface area contributed by atoms with Gasteiger partial charge in [-0.1, -0.05) is 12.1 Å². The maximum absolute atomic E-state index is 13.5. The van der Waals surface area contributed by atoms with E-state index in [1.54, 1.807) is 24.1 Å². The fourth-order valence-electron chi connectivity index (χ4n) is 6.26. The average molecular weight is 589 g/mol. The summed E-state index contributed by atoms with van der Waals surface area (Å²) in [6.45, 7) is 11.4. The predicted molar refractivity (Wildman–Crippen MR) is 161 cm³/mol. The predicted octanol–water partition coefficient (Wildman–Crippen LogP) is 3.25. The van der Waals surface area contributed by atoms with E-state index in [-0.39, 0.29) is 24.3 Å². The minimum absolute atomic E-state index is 0.0331. The van der Waals surface area contributed by atoms with Gasteiger partial charge in [0.25, 0.3) is 0 Å². The molecule has 6 rings (SSSR count). The molecule has 0 saturated carbocycles. The normalized spacial score (nSPS) is 19.4. The average Bonchev–Trinajstić information content (AvgIpc) is 3.28. The van der Waals surface area contributed by atoms with Gasteiger partial charge in [0.15, 0.2) is 0 Å². The number of morpholine rings is 1. The first-order chi connectivity index (χ1) is 20.6. The molecule has 0 bridgehead atoms. The smallest absolute Gasteiger partial charge is 0.338 e. The van der Waals surface area contributed by atoms with Crippen LogP contribution in [0.15, 0.2) is 42.5 Å². The van der Waals surface area contributed by atoms with Crippen molar-refractivity contribution >= 4 is 28.7 Å². The number of carbonyl (C=O) groups is 3. The molecule has 0 aliphatic carbocycles. The van der Waals surface area contributed by atoms with E-state index in [0.717, 1.165) is 66.3 Å². The molecular weight excluding hydrogens is 548 g/mol. The highest BCUT2D eigenvalue weighted by molar-refractivity contribution is 6.00. The number of likely N-dealkylation sites (N-methyl/N-ethyl adjacent to an activating group) is 1. The zero-order valence-electron chi connectivity index (χ0n) is 25.4. The fraction of sp³-hybridized carbons (Fsp3) is 0.485. The highest BCUT2D eigenvalue weighted by Gasteiger charge is 2.44. The van der Waals surface area contributed by atoms with Crippen molar-refractivity contribution < 1.29 is 28.6 Å². The molecule has 1 atom stereocenters. The van der Waals surface area contributed by atoms with Gasteiger partial charge in [-0.15, -0.1) is 0 Å². The molecular formula is C33H40N4O6. The molecule has 3 aliphatic rings. The second-order valence-electron chi connectivity index (χ2n) is 12.6. The molecule has 2 saturated heterocycles. The van der Waals surface area contributed by atoms with Crippen LogP contribution in [0.5, 0.6) is 5.75 Å². The van der Waals surface area contributed by atoms with Gasteiger partial charge in [0.05, 0.1) is 25.3 Å². The maximum atomic E-state index is 13.5. The summed E-state index contributed by atoms with van der Waals surface area (Å²) in [4.78, 5) is 44.7. The zero-order chi connectivity index (χ0) is 30.3. The van der Waals surface area contributed by atoms with Crippen molar-refractivity contribution in [3.05, 3.63) is 64.8 Å². The molecule has 0 N–H and O–H groups in total. The number of benzene rings is 2. The van der Waals surface area contributed by atoms with Crippen molar-refractivity contribution in [3.8, 4) is 5.75 Å². The van der Waals surface area contributed by atoms with Crippen LogP contribution in [0.3, 0.4) is 0 Å². The highest BCUT2D eigenvalue weighted by atomic mass is 16.6. The standard InChI is InChI=1S/C33H40N4O6/c1-33(2,3)43-32(40)23-7-5-22(6-8-23)20-37-26-10-9-24(42-18-15-35-13-16-41-17-14-35)19-25(26)29-27(37)11-12-36-28(38)21-34(4)31(39)30(29)36/h5-10,19,30H,11-18,20-21H2,1-4H3. The minimum Gasteiger partial charge on any atom is -0.492 e. The number of carbonyl (C=O) groups excluding carboxylic acids is 3. The SMILES string of the molecule is CN1CC(=O)N2CCc3c(c4cc(OCCN5CCOCC5)ccc4n3Cc3ccc(C(=O)OC(C)(C)C)cc3)C2C1=O. The molecule has 1 unspecified atom stereocenters. The van der Waals surface area contributed by atoms with Gasteiger partial charge in [-0.3, -0.25) is 14.5 Å². The van der Waals surface area contributed by atoms with Crippen molar-refractivity contribution in [3.63, 3.8) is 0 Å². The number of rotatable bonds is 7. The van der Waals surface area contributed by atoms with Crippen LogP contribution in [0.1, 0.15) is 54.0 Å². The van der Waals surface area contributed by atoms with Crippen molar-refractivity contribution in [2.45, 2.75) is 45.4 Å². The summed E-state index contributed by atoms with van der Waals surface area (Å²) < 4.78 is 19.4. The molecule has 3 aliphatic heterocycles. The lowest BCUT2D eigenvalue weighted by atomic mass is 9.92. The summed E-state index contributed by atoms with van der Waals surface area (Å²) in [7, 11) is 1.69. The van der Waals surface area contributed by atoms with E-state index >= 15 is 0 Å². The fourth-order valence-corrected chi connectivity index (χ4v) is 6.26. The van der Waals surface area contributed by atoms with Crippen LogP contribution in [0.25, 0.3) is 10.9 Å². The summed E-state index contributed by atoms with van der Waals surface area (Å²) in [6, 6.07) is 12.9. The van der Waals surface area contributed by atoms with Gasteiger partial charge in [0.1, 0.15) is 24.0 Å². The van der Waals surface area contributed by atoms with Gasteiger partial charge < -0.3 is 28.6 Å². The third kappa shape index (κ3) is 5.99. The molecule has 0 radical (unpaired) electrons. The van der Waals surface area contributed by atoms with E-state index < -0.39 is 11.6 Å². The second kappa shape index (κ2) is 11.7. The van der Waals surface area contributed by atoms with Crippen LogP contribution in [-0.4, -0.2) is 102 Å². The Morgan fingerprint density at radius 1 is 1.02 bits per heavy atom. The van der Waals surface area contributed by atoms with Crippen LogP contribution in [0, 0.1) is 0 Å². The molecule has 4 heterocycles. The Morgan fingerprint density at radius 3 is 2.49 bits per heavy atom. The number of fused-ring (bicyclic) bond motifs is 5. The van der Waals surface area contributed by atoms with Crippen molar-refractivity contribution in [1.82, 2.24) is 19.3 Å². The largest absolute Gasteiger partial charge is 0.492 e. The first-order valence-electron chi connectivity index (χ1n) is 15.0. The zero-order valence-corrected chi connectivity index (χ0v) is 25.4. The molecule has 2 amide bonds. The summed E-state index contributed by atoms with van der Waals surface area (Å²) in [6.07, 6.45) is 0.645. The van der Waals surface area contributed by atoms with E-state index in [0.29, 0.717) is 31.7 Å². The summed E-state index contributed by atoms with van der Waals surface area (Å²) >= 11 is 0. The number of piperazine rings is 1. The molecule has 43 heavy (non-hydrogen) atoms. The number of aromatic nitrogens is 1. The molecule has 2 aromatic carbocycles. The van der Waals surface area contributed by atoms with Gasteiger partial charge in [-0.2, -0.15) is 0 Å². The third-order valence-electron chi connectivity index (χ3n) is 8.37. The minimum atomic E-state index is -0.656. The Hall–Kier alpha value is -3.89. The van der Waals surface area contributed by atoms with E-state index in [1.807, 2.05) is 45.0 Å². The van der Waals surface area contributed by atoms with Crippen LogP contribution in [-0.2, 0) is 32.0 Å². The second-order valence-corrected chi connectivity index (χ2v) is 12.6. The Labute approximate surface area is 252 Å². The molecule has 0 spiro atoms. The van der Waals surface area contributed by atoms with Crippen LogP contribution in [0.2, 0.25) is 0 Å². The molecule has 10 heteroatoms. The molecule has 228 valence electrons. The number of hydrogen-bond donors (Lipinski definition) is 0. The van der Waals surface area contributed by atoms with Gasteiger partial charge in [0.2, 0.25) is 11.8 Å². The Bertz CT molecular complexity index is 1530. The van der Waals surface area contributed by atoms with Crippen molar-refractivity contribution in [2.75, 3.05) is 59.6 Å². The quantitative estimate of drug-likeness (QED) is 0.391. The Morgan fingerprint density at radius 2 is 1.77 bits per heavy atom. The first-order valence-corrected chi connectivity index (χ1v) is 15.0. The van der Waals surface area contributed by atoms with Gasteiger partial charge in [-0.05, 0) is 56.7 Å². The number of amides is 2. The number of hydrogen-bond acceptors (Lipinski definition) is 7. The molecule has 3 aromatic rings. The third-order valence-corrected chi connectivity index (χ3v) is 8.37. The van der Waals surface area contributed by atoms with E-state index in [4.69, 9.17) is 14.2 Å². The molecule has 2 fully saturated rings. The lowest BCUT2D eigenvalue weighted by Crippen LogP contribution is -2.56. The Kier molecular flexibility index (Phi) is 7.91. The summed E-state index contributed by atoms with van der Waals surface area (Å²) in [5.41, 5.74) is 3.87. The van der Waals surface area contributed by atoms with Crippen molar-refractivity contribution in [1.29, 1.82) is 0 Å². The summed E-state index contributed by atoms with van der Waals surface area (Å²) in [5.74, 6) is 0.283. The lowest BCUT2D eigenvalue weighted by molar-refractivity contribution is -0.155. The van der Waals surface area contributed by atoms with Crippen LogP contribution < -0.4 is 4.74 Å². The van der Waals surface area contributed by atoms with E-state index in [1.165, 1.54) is 4.90 Å². The first kappa shape index (κ1) is 29.2. The number of esters is 1. The van der Waals surface area contributed by atoms with Crippen LogP contribution >= 0.6 is 0 Å². The van der Waals surface area contributed by atoms with Gasteiger partial charge in [-0.25, -0.2) is 4.79 Å². The Balaban J connectivity index is 1.33. The number of nitrogens with zero attached hydrogens (tertiary/aromatic N) is 4. The lowest BCUT2D eigenvalue weighted by Gasteiger charge is -2.42. The van der Waals surface area contributed by atoms with Crippen molar-refractivity contribution in [2.24, 2.45) is 0 Å². The van der Waals surface area contributed by atoms with E-state index in [2.05, 4.69) is 15.5 Å². The maximum Gasteiger partial charge on any atom is 0.338 e. The van der Waals surface area contributed by atoms with Gasteiger partial charge >= 0.3 is 5.97 Å². The monoisotopic (exact) mass is 588 g/mol. The van der Waals surface area contributed by atoms with E-state index in [9.17, 15) is 14.4 Å². The number of ether oxygens (including phenoxy) is 3. The van der Waals surface area contributed by atoms with Gasteiger partial charge in [0, 0.05) is 68.4 Å². The summed E-state index contributed by atoms with van der Waals surface area (Å²) in [5, 5.41) is 0.926.